The van der Waals surface area contributed by atoms with Gasteiger partial charge in [0.25, 0.3) is 5.91 Å². The summed E-state index contributed by atoms with van der Waals surface area (Å²) >= 11 is 0. The highest BCUT2D eigenvalue weighted by Gasteiger charge is 2.27. The number of hydrogen-bond donors (Lipinski definition) is 2. The maximum atomic E-state index is 12.7. The Kier molecular flexibility index (Phi) is 7.15. The summed E-state index contributed by atoms with van der Waals surface area (Å²) in [5.74, 6) is -0.499. The van der Waals surface area contributed by atoms with Gasteiger partial charge in [0, 0.05) is 37.5 Å². The second-order valence-electron chi connectivity index (χ2n) is 8.10. The van der Waals surface area contributed by atoms with Gasteiger partial charge in [0.2, 0.25) is 20.0 Å². The lowest BCUT2D eigenvalue weighted by atomic mass is 10.2. The summed E-state index contributed by atoms with van der Waals surface area (Å²) in [6.07, 6.45) is 3.29. The molecule has 2 heterocycles. The van der Waals surface area contributed by atoms with Crippen molar-refractivity contribution in [3.63, 3.8) is 0 Å². The molecule has 2 aliphatic heterocycles. The predicted octanol–water partition coefficient (Wildman–Crippen LogP) is 2.18. The van der Waals surface area contributed by atoms with E-state index in [1.54, 1.807) is 0 Å². The first-order valence-electron chi connectivity index (χ1n) is 10.9. The van der Waals surface area contributed by atoms with E-state index in [1.165, 1.54) is 52.8 Å². The van der Waals surface area contributed by atoms with Crippen molar-refractivity contribution >= 4 is 31.6 Å². The first-order chi connectivity index (χ1) is 15.8. The molecule has 178 valence electrons. The molecule has 33 heavy (non-hydrogen) atoms. The monoisotopic (exact) mass is 493 g/mol. The van der Waals surface area contributed by atoms with Gasteiger partial charge in [-0.25, -0.2) is 21.6 Å². The lowest BCUT2D eigenvalue weighted by molar-refractivity contribution is 0.102. The Hall–Kier alpha value is -2.31. The minimum Gasteiger partial charge on any atom is -0.377 e. The van der Waals surface area contributed by atoms with E-state index in [0.29, 0.717) is 25.4 Å². The van der Waals surface area contributed by atoms with Gasteiger partial charge in [0.1, 0.15) is 0 Å². The summed E-state index contributed by atoms with van der Waals surface area (Å²) in [5, 5.41) is 2.68. The van der Waals surface area contributed by atoms with Crippen molar-refractivity contribution in [2.75, 3.05) is 31.6 Å². The van der Waals surface area contributed by atoms with Crippen LogP contribution in [0.25, 0.3) is 0 Å². The van der Waals surface area contributed by atoms with E-state index < -0.39 is 26.0 Å². The van der Waals surface area contributed by atoms with Crippen LogP contribution in [0, 0.1) is 0 Å². The molecule has 2 aliphatic rings. The van der Waals surface area contributed by atoms with E-state index in [0.717, 1.165) is 25.7 Å². The summed E-state index contributed by atoms with van der Waals surface area (Å²) in [7, 11) is -7.32. The molecule has 0 radical (unpaired) electrons. The highest BCUT2D eigenvalue weighted by Crippen LogP contribution is 2.23. The van der Waals surface area contributed by atoms with Gasteiger partial charge in [-0.3, -0.25) is 4.79 Å². The number of hydrogen-bond acceptors (Lipinski definition) is 6. The number of carbonyl (C=O) groups excluding carboxylic acids is 1. The minimum atomic E-state index is -3.79. The maximum Gasteiger partial charge on any atom is 0.255 e. The van der Waals surface area contributed by atoms with Crippen LogP contribution >= 0.6 is 0 Å². The molecule has 2 saturated heterocycles. The largest absolute Gasteiger partial charge is 0.377 e. The molecule has 1 amide bonds. The number of benzene rings is 2. The van der Waals surface area contributed by atoms with Crippen molar-refractivity contribution < 1.29 is 26.4 Å². The molecule has 1 atom stereocenters. The molecule has 4 rings (SSSR count). The van der Waals surface area contributed by atoms with Crippen LogP contribution in [0.5, 0.6) is 0 Å². The van der Waals surface area contributed by atoms with Crippen LogP contribution in [-0.4, -0.2) is 59.4 Å². The first kappa shape index (κ1) is 23.8. The lowest BCUT2D eigenvalue weighted by Crippen LogP contribution is -2.32. The highest BCUT2D eigenvalue weighted by atomic mass is 32.2. The van der Waals surface area contributed by atoms with E-state index in [4.69, 9.17) is 4.74 Å². The van der Waals surface area contributed by atoms with Crippen LogP contribution in [0.2, 0.25) is 0 Å². The molecule has 0 bridgehead atoms. The zero-order valence-corrected chi connectivity index (χ0v) is 19.7. The zero-order valence-electron chi connectivity index (χ0n) is 18.1. The van der Waals surface area contributed by atoms with Gasteiger partial charge in [-0.2, -0.15) is 4.31 Å². The maximum absolute atomic E-state index is 12.7. The molecule has 0 spiro atoms. The number of anilines is 1. The number of sulfonamides is 2. The molecule has 0 aromatic heterocycles. The Balaban J connectivity index is 1.42. The summed E-state index contributed by atoms with van der Waals surface area (Å²) in [6.45, 7) is 1.85. The van der Waals surface area contributed by atoms with Crippen molar-refractivity contribution in [3.8, 4) is 0 Å². The molecular weight excluding hydrogens is 466 g/mol. The Morgan fingerprint density at radius 3 is 2.36 bits per heavy atom. The SMILES string of the molecule is O=C(Nc1ccc(S(=O)(=O)N2CCCC2)cc1)c1cccc(S(=O)(=O)NC[C@@H]2CCCO2)c1. The minimum absolute atomic E-state index is 0.0137. The summed E-state index contributed by atoms with van der Waals surface area (Å²) in [4.78, 5) is 12.8. The molecule has 2 N–H and O–H groups in total. The first-order valence-corrected chi connectivity index (χ1v) is 13.8. The molecule has 2 fully saturated rings. The number of amides is 1. The van der Waals surface area contributed by atoms with Gasteiger partial charge in [-0.1, -0.05) is 6.07 Å². The molecule has 0 aliphatic carbocycles. The van der Waals surface area contributed by atoms with E-state index in [2.05, 4.69) is 10.0 Å². The Morgan fingerprint density at radius 2 is 1.70 bits per heavy atom. The second-order valence-corrected chi connectivity index (χ2v) is 11.8. The highest BCUT2D eigenvalue weighted by molar-refractivity contribution is 7.89. The summed E-state index contributed by atoms with van der Waals surface area (Å²) in [5.41, 5.74) is 0.578. The second kappa shape index (κ2) is 9.90. The van der Waals surface area contributed by atoms with E-state index >= 15 is 0 Å². The van der Waals surface area contributed by atoms with E-state index in [9.17, 15) is 21.6 Å². The van der Waals surface area contributed by atoms with Gasteiger partial charge in [-0.15, -0.1) is 0 Å². The van der Waals surface area contributed by atoms with Crippen molar-refractivity contribution in [1.82, 2.24) is 9.03 Å². The molecule has 11 heteroatoms. The van der Waals surface area contributed by atoms with Crippen molar-refractivity contribution in [2.45, 2.75) is 41.6 Å². The zero-order chi connectivity index (χ0) is 23.5. The van der Waals surface area contributed by atoms with Crippen LogP contribution in [0.4, 0.5) is 5.69 Å². The van der Waals surface area contributed by atoms with Crippen LogP contribution in [-0.2, 0) is 24.8 Å². The quantitative estimate of drug-likeness (QED) is 0.581. The summed E-state index contributed by atoms with van der Waals surface area (Å²) in [6, 6.07) is 11.7. The number of ether oxygens (including phenoxy) is 1. The molecule has 2 aromatic carbocycles. The Bertz CT molecular complexity index is 1200. The number of carbonyl (C=O) groups is 1. The number of nitrogens with one attached hydrogen (secondary N) is 2. The Morgan fingerprint density at radius 1 is 0.970 bits per heavy atom. The third-order valence-electron chi connectivity index (χ3n) is 5.75. The van der Waals surface area contributed by atoms with Gasteiger partial charge < -0.3 is 10.1 Å². The van der Waals surface area contributed by atoms with E-state index in [-0.39, 0.29) is 28.0 Å². The van der Waals surface area contributed by atoms with Crippen LogP contribution in [0.3, 0.4) is 0 Å². The third kappa shape index (κ3) is 5.61. The molecule has 0 saturated carbocycles. The number of rotatable bonds is 8. The van der Waals surface area contributed by atoms with E-state index in [1.807, 2.05) is 0 Å². The predicted molar refractivity (Wildman–Crippen MR) is 123 cm³/mol. The van der Waals surface area contributed by atoms with Crippen molar-refractivity contribution in [1.29, 1.82) is 0 Å². The van der Waals surface area contributed by atoms with Crippen LogP contribution in [0.1, 0.15) is 36.0 Å². The van der Waals surface area contributed by atoms with Crippen molar-refractivity contribution in [2.24, 2.45) is 0 Å². The normalized spacial score (nSPS) is 19.6. The fourth-order valence-electron chi connectivity index (χ4n) is 3.89. The third-order valence-corrected chi connectivity index (χ3v) is 9.08. The molecule has 9 nitrogen and oxygen atoms in total. The standard InChI is InChI=1S/C22H27N3O6S2/c26-22(24-18-8-10-20(11-9-18)33(29,30)25-12-1-2-13-25)17-5-3-7-21(15-17)32(27,28)23-16-19-6-4-14-31-19/h3,5,7-11,15,19,23H,1-2,4,6,12-14,16H2,(H,24,26)/t19-/m0/s1. The Labute approximate surface area is 194 Å². The van der Waals surface area contributed by atoms with Gasteiger partial charge in [0.05, 0.1) is 15.9 Å². The van der Waals surface area contributed by atoms with Crippen LogP contribution < -0.4 is 10.0 Å². The molecular formula is C22H27N3O6S2. The topological polar surface area (TPSA) is 122 Å². The fraction of sp³-hybridized carbons (Fsp3) is 0.409. The van der Waals surface area contributed by atoms with Gasteiger partial charge in [-0.05, 0) is 68.1 Å². The fourth-order valence-corrected chi connectivity index (χ4v) is 6.52. The average molecular weight is 494 g/mol. The number of nitrogens with zero attached hydrogens (tertiary/aromatic N) is 1. The van der Waals surface area contributed by atoms with Gasteiger partial charge in [0.15, 0.2) is 0 Å². The van der Waals surface area contributed by atoms with Crippen molar-refractivity contribution in [3.05, 3.63) is 54.1 Å². The van der Waals surface area contributed by atoms with Gasteiger partial charge >= 0.3 is 0 Å². The molecule has 0 unspecified atom stereocenters. The molecule has 2 aromatic rings. The van der Waals surface area contributed by atoms with Crippen LogP contribution in [0.15, 0.2) is 58.3 Å². The summed E-state index contributed by atoms with van der Waals surface area (Å²) < 4.78 is 59.9. The lowest BCUT2D eigenvalue weighted by Gasteiger charge is -2.15. The average Bonchev–Trinajstić information content (AvgIpc) is 3.53. The smallest absolute Gasteiger partial charge is 0.255 e.